The summed E-state index contributed by atoms with van der Waals surface area (Å²) < 4.78 is 5.27. The lowest BCUT2D eigenvalue weighted by atomic mass is 10.0. The van der Waals surface area contributed by atoms with Crippen molar-refractivity contribution in [3.63, 3.8) is 0 Å². The van der Waals surface area contributed by atoms with Gasteiger partial charge in [0.05, 0.1) is 0 Å². The predicted molar refractivity (Wildman–Crippen MR) is 49.5 cm³/mol. The minimum absolute atomic E-state index is 0.614. The zero-order valence-electron chi connectivity index (χ0n) is 7.94. The summed E-state index contributed by atoms with van der Waals surface area (Å²) in [4.78, 5) is 0. The third-order valence-electron chi connectivity index (χ3n) is 2.04. The van der Waals surface area contributed by atoms with Crippen molar-refractivity contribution in [3.05, 3.63) is 6.92 Å². The lowest BCUT2D eigenvalue weighted by molar-refractivity contribution is 0.115. The SMILES string of the molecule is [CH2]COCC(CC)CCCC. The first-order valence-corrected chi connectivity index (χ1v) is 4.72. The normalized spacial score (nSPS) is 13.4. The van der Waals surface area contributed by atoms with Gasteiger partial charge in [-0.25, -0.2) is 0 Å². The van der Waals surface area contributed by atoms with E-state index >= 15 is 0 Å². The molecule has 1 unspecified atom stereocenters. The van der Waals surface area contributed by atoms with Crippen LogP contribution in [-0.4, -0.2) is 13.2 Å². The summed E-state index contributed by atoms with van der Waals surface area (Å²) in [5, 5.41) is 0. The van der Waals surface area contributed by atoms with Crippen LogP contribution in [0.15, 0.2) is 0 Å². The first-order chi connectivity index (χ1) is 5.35. The maximum absolute atomic E-state index is 5.27. The molecule has 1 nitrogen and oxygen atoms in total. The topological polar surface area (TPSA) is 9.23 Å². The maximum Gasteiger partial charge on any atom is 0.0494 e. The molecule has 1 radical (unpaired) electrons. The number of unbranched alkanes of at least 4 members (excludes halogenated alkanes) is 1. The molecular formula is C10H21O. The van der Waals surface area contributed by atoms with Gasteiger partial charge in [-0.3, -0.25) is 0 Å². The second-order valence-electron chi connectivity index (χ2n) is 2.99. The average molecular weight is 157 g/mol. The maximum atomic E-state index is 5.27. The Hall–Kier alpha value is -0.0400. The minimum Gasteiger partial charge on any atom is -0.381 e. The number of rotatable bonds is 7. The molecule has 67 valence electrons. The van der Waals surface area contributed by atoms with Crippen molar-refractivity contribution in [1.82, 2.24) is 0 Å². The van der Waals surface area contributed by atoms with E-state index in [1.807, 2.05) is 0 Å². The Bertz CT molecular complexity index is 63.3. The molecule has 0 aromatic heterocycles. The van der Waals surface area contributed by atoms with E-state index in [4.69, 9.17) is 4.74 Å². The highest BCUT2D eigenvalue weighted by Gasteiger charge is 2.04. The molecule has 0 aromatic rings. The Morgan fingerprint density at radius 1 is 1.36 bits per heavy atom. The summed E-state index contributed by atoms with van der Waals surface area (Å²) in [5.41, 5.74) is 0. The molecule has 0 rings (SSSR count). The van der Waals surface area contributed by atoms with Gasteiger partial charge < -0.3 is 4.74 Å². The standard InChI is InChI=1S/C10H21O/c1-4-7-8-10(5-2)9-11-6-3/h10H,3-9H2,1-2H3. The van der Waals surface area contributed by atoms with Gasteiger partial charge in [0.1, 0.15) is 0 Å². The van der Waals surface area contributed by atoms with Crippen LogP contribution >= 0.6 is 0 Å². The largest absolute Gasteiger partial charge is 0.381 e. The van der Waals surface area contributed by atoms with Crippen molar-refractivity contribution in [2.24, 2.45) is 5.92 Å². The quantitative estimate of drug-likeness (QED) is 0.552. The van der Waals surface area contributed by atoms with Gasteiger partial charge in [-0.2, -0.15) is 0 Å². The molecule has 0 aromatic carbocycles. The second kappa shape index (κ2) is 8.06. The molecule has 0 saturated heterocycles. The average Bonchev–Trinajstić information content (AvgIpc) is 2.05. The zero-order valence-corrected chi connectivity index (χ0v) is 7.94. The molecule has 11 heavy (non-hydrogen) atoms. The predicted octanol–water partition coefficient (Wildman–Crippen LogP) is 3.05. The first kappa shape index (κ1) is 11.0. The van der Waals surface area contributed by atoms with Gasteiger partial charge >= 0.3 is 0 Å². The molecule has 1 atom stereocenters. The van der Waals surface area contributed by atoms with Gasteiger partial charge in [-0.15, -0.1) is 0 Å². The van der Waals surface area contributed by atoms with E-state index < -0.39 is 0 Å². The van der Waals surface area contributed by atoms with Gasteiger partial charge in [0, 0.05) is 13.2 Å². The Morgan fingerprint density at radius 3 is 2.55 bits per heavy atom. The van der Waals surface area contributed by atoms with Crippen LogP contribution in [0.3, 0.4) is 0 Å². The molecule has 0 amide bonds. The van der Waals surface area contributed by atoms with Gasteiger partial charge in [0.25, 0.3) is 0 Å². The molecule has 0 saturated carbocycles. The molecule has 0 aliphatic carbocycles. The molecular weight excluding hydrogens is 136 g/mol. The molecule has 0 spiro atoms. The molecule has 0 aliphatic heterocycles. The second-order valence-corrected chi connectivity index (χ2v) is 2.99. The highest BCUT2D eigenvalue weighted by atomic mass is 16.5. The van der Waals surface area contributed by atoms with Gasteiger partial charge in [0.15, 0.2) is 0 Å². The summed E-state index contributed by atoms with van der Waals surface area (Å²) in [6, 6.07) is 0. The Balaban J connectivity index is 3.25. The number of hydrogen-bond acceptors (Lipinski definition) is 1. The highest BCUT2D eigenvalue weighted by molar-refractivity contribution is 4.55. The van der Waals surface area contributed by atoms with Crippen LogP contribution in [0.5, 0.6) is 0 Å². The summed E-state index contributed by atoms with van der Waals surface area (Å²) >= 11 is 0. The van der Waals surface area contributed by atoms with Crippen LogP contribution in [0.2, 0.25) is 0 Å². The fraction of sp³-hybridized carbons (Fsp3) is 0.900. The van der Waals surface area contributed by atoms with Crippen molar-refractivity contribution in [2.45, 2.75) is 39.5 Å². The third kappa shape index (κ3) is 6.36. The van der Waals surface area contributed by atoms with E-state index in [-0.39, 0.29) is 0 Å². The monoisotopic (exact) mass is 157 g/mol. The number of ether oxygens (including phenoxy) is 1. The zero-order chi connectivity index (χ0) is 8.53. The van der Waals surface area contributed by atoms with E-state index in [2.05, 4.69) is 20.8 Å². The fourth-order valence-corrected chi connectivity index (χ4v) is 1.15. The fourth-order valence-electron chi connectivity index (χ4n) is 1.15. The van der Waals surface area contributed by atoms with Gasteiger partial charge in [0.2, 0.25) is 0 Å². The Kier molecular flexibility index (Phi) is 8.03. The van der Waals surface area contributed by atoms with Gasteiger partial charge in [-0.1, -0.05) is 33.1 Å². The van der Waals surface area contributed by atoms with Crippen molar-refractivity contribution >= 4 is 0 Å². The Morgan fingerprint density at radius 2 is 2.09 bits per heavy atom. The van der Waals surface area contributed by atoms with Gasteiger partial charge in [-0.05, 0) is 19.3 Å². The van der Waals surface area contributed by atoms with Crippen LogP contribution in [0.4, 0.5) is 0 Å². The van der Waals surface area contributed by atoms with Crippen LogP contribution < -0.4 is 0 Å². The van der Waals surface area contributed by atoms with Crippen LogP contribution in [0.25, 0.3) is 0 Å². The summed E-state index contributed by atoms with van der Waals surface area (Å²) in [6.07, 6.45) is 5.17. The van der Waals surface area contributed by atoms with Crippen LogP contribution in [0.1, 0.15) is 39.5 Å². The summed E-state index contributed by atoms with van der Waals surface area (Å²) in [6.45, 7) is 9.63. The lowest BCUT2D eigenvalue weighted by Gasteiger charge is -2.13. The third-order valence-corrected chi connectivity index (χ3v) is 2.04. The van der Waals surface area contributed by atoms with Crippen molar-refractivity contribution in [3.8, 4) is 0 Å². The van der Waals surface area contributed by atoms with E-state index in [9.17, 15) is 0 Å². The Labute approximate surface area is 71.1 Å². The molecule has 0 heterocycles. The summed E-state index contributed by atoms with van der Waals surface area (Å²) in [5.74, 6) is 0.761. The molecule has 1 heteroatoms. The molecule has 0 bridgehead atoms. The van der Waals surface area contributed by atoms with E-state index in [1.54, 1.807) is 0 Å². The molecule has 0 aliphatic rings. The van der Waals surface area contributed by atoms with E-state index in [0.717, 1.165) is 12.5 Å². The van der Waals surface area contributed by atoms with E-state index in [1.165, 1.54) is 25.7 Å². The van der Waals surface area contributed by atoms with Crippen LogP contribution in [0, 0.1) is 12.8 Å². The lowest BCUT2D eigenvalue weighted by Crippen LogP contribution is -2.08. The van der Waals surface area contributed by atoms with E-state index in [0.29, 0.717) is 6.61 Å². The van der Waals surface area contributed by atoms with Crippen LogP contribution in [-0.2, 0) is 4.74 Å². The van der Waals surface area contributed by atoms with Crippen molar-refractivity contribution in [1.29, 1.82) is 0 Å². The molecule has 0 fully saturated rings. The smallest absolute Gasteiger partial charge is 0.0494 e. The number of hydrogen-bond donors (Lipinski definition) is 0. The highest BCUT2D eigenvalue weighted by Crippen LogP contribution is 2.12. The molecule has 0 N–H and O–H groups in total. The van der Waals surface area contributed by atoms with Crippen molar-refractivity contribution < 1.29 is 4.74 Å². The first-order valence-electron chi connectivity index (χ1n) is 4.72. The van der Waals surface area contributed by atoms with Crippen molar-refractivity contribution in [2.75, 3.05) is 13.2 Å². The summed E-state index contributed by atoms with van der Waals surface area (Å²) in [7, 11) is 0. The minimum atomic E-state index is 0.614.